The fraction of sp³-hybridized carbons (Fsp3) is 0.310. The van der Waals surface area contributed by atoms with Crippen LogP contribution in [0.2, 0.25) is 0 Å². The zero-order valence-electron chi connectivity index (χ0n) is 21.5. The molecule has 0 aliphatic rings. The second-order valence-corrected chi connectivity index (χ2v) is 6.27. The van der Waals surface area contributed by atoms with Crippen molar-refractivity contribution in [2.24, 2.45) is 0 Å². The van der Waals surface area contributed by atoms with Gasteiger partial charge in [0.2, 0.25) is 5.89 Å². The minimum Gasteiger partial charge on any atom is -0.464 e. The molecule has 0 radical (unpaired) electrons. The number of carbonyl (C=O) groups excluding carboxylic acids is 1. The molecule has 0 amide bonds. The Morgan fingerprint density at radius 2 is 1.44 bits per heavy atom. The number of nitrogens with zero attached hydrogens (tertiary/aromatic N) is 1. The SMILES string of the molecule is CC.CC.CC.CCOC(=O)C(Nc1ccccc1-c1nc2ccccc2o1)c1ccccc1. The Kier molecular flexibility index (Phi) is 13.4. The van der Waals surface area contributed by atoms with E-state index in [-0.39, 0.29) is 5.97 Å². The summed E-state index contributed by atoms with van der Waals surface area (Å²) in [5, 5.41) is 3.32. The first-order valence-electron chi connectivity index (χ1n) is 12.2. The van der Waals surface area contributed by atoms with Crippen LogP contribution in [0.5, 0.6) is 0 Å². The summed E-state index contributed by atoms with van der Waals surface area (Å²) in [6, 6.07) is 24.1. The molecular formula is C29H38N2O3. The van der Waals surface area contributed by atoms with Crippen LogP contribution in [0, 0.1) is 0 Å². The zero-order chi connectivity index (χ0) is 25.3. The summed E-state index contributed by atoms with van der Waals surface area (Å²) in [5.41, 5.74) is 3.86. The molecule has 4 aromatic rings. The van der Waals surface area contributed by atoms with Crippen LogP contribution in [-0.2, 0) is 9.53 Å². The van der Waals surface area contributed by atoms with Crippen LogP contribution in [-0.4, -0.2) is 17.6 Å². The van der Waals surface area contributed by atoms with Crippen LogP contribution in [0.3, 0.4) is 0 Å². The number of oxazole rings is 1. The maximum absolute atomic E-state index is 12.6. The van der Waals surface area contributed by atoms with Gasteiger partial charge in [-0.05, 0) is 36.8 Å². The molecule has 1 heterocycles. The van der Waals surface area contributed by atoms with E-state index in [0.717, 1.165) is 27.9 Å². The number of rotatable bonds is 6. The van der Waals surface area contributed by atoms with Gasteiger partial charge in [0.15, 0.2) is 11.6 Å². The Balaban J connectivity index is 0.000000894. The largest absolute Gasteiger partial charge is 0.464 e. The number of carbonyl (C=O) groups is 1. The summed E-state index contributed by atoms with van der Waals surface area (Å²) < 4.78 is 11.2. The lowest BCUT2D eigenvalue weighted by Crippen LogP contribution is -2.23. The Hall–Kier alpha value is -3.60. The van der Waals surface area contributed by atoms with Gasteiger partial charge in [-0.25, -0.2) is 9.78 Å². The lowest BCUT2D eigenvalue weighted by Gasteiger charge is -2.20. The lowest BCUT2D eigenvalue weighted by atomic mass is 10.1. The topological polar surface area (TPSA) is 64.4 Å². The molecule has 0 aliphatic heterocycles. The van der Waals surface area contributed by atoms with Crippen molar-refractivity contribution in [1.29, 1.82) is 0 Å². The fourth-order valence-corrected chi connectivity index (χ4v) is 3.09. The molecular weight excluding hydrogens is 424 g/mol. The van der Waals surface area contributed by atoms with Gasteiger partial charge in [-0.1, -0.05) is 96.1 Å². The second-order valence-electron chi connectivity index (χ2n) is 6.27. The van der Waals surface area contributed by atoms with Crippen LogP contribution in [0.1, 0.15) is 60.1 Å². The van der Waals surface area contributed by atoms with Crippen molar-refractivity contribution in [2.45, 2.75) is 54.5 Å². The van der Waals surface area contributed by atoms with E-state index < -0.39 is 6.04 Å². The molecule has 0 fully saturated rings. The monoisotopic (exact) mass is 462 g/mol. The average Bonchev–Trinajstić information content (AvgIpc) is 3.36. The number of fused-ring (bicyclic) bond motifs is 1. The second kappa shape index (κ2) is 16.1. The predicted molar refractivity (Wildman–Crippen MR) is 143 cm³/mol. The molecule has 0 bridgehead atoms. The maximum atomic E-state index is 12.6. The van der Waals surface area contributed by atoms with Gasteiger partial charge in [-0.15, -0.1) is 0 Å². The number of anilines is 1. The van der Waals surface area contributed by atoms with E-state index in [4.69, 9.17) is 9.15 Å². The third-order valence-corrected chi connectivity index (χ3v) is 4.41. The quantitative estimate of drug-likeness (QED) is 0.292. The Morgan fingerprint density at radius 1 is 0.853 bits per heavy atom. The normalized spacial score (nSPS) is 10.3. The van der Waals surface area contributed by atoms with E-state index in [1.165, 1.54) is 0 Å². The minimum atomic E-state index is -0.633. The van der Waals surface area contributed by atoms with Crippen molar-refractivity contribution in [3.8, 4) is 11.5 Å². The van der Waals surface area contributed by atoms with Crippen LogP contribution < -0.4 is 5.32 Å². The molecule has 1 atom stereocenters. The first kappa shape index (κ1) is 28.4. The first-order valence-corrected chi connectivity index (χ1v) is 12.2. The van der Waals surface area contributed by atoms with Crippen molar-refractivity contribution in [3.63, 3.8) is 0 Å². The van der Waals surface area contributed by atoms with E-state index in [1.54, 1.807) is 6.92 Å². The Bertz CT molecular complexity index is 1060. The Morgan fingerprint density at radius 3 is 2.09 bits per heavy atom. The molecule has 4 rings (SSSR count). The van der Waals surface area contributed by atoms with E-state index in [2.05, 4.69) is 10.3 Å². The van der Waals surface area contributed by atoms with Gasteiger partial charge in [0.25, 0.3) is 0 Å². The van der Waals surface area contributed by atoms with Crippen LogP contribution in [0.15, 0.2) is 83.3 Å². The summed E-state index contributed by atoms with van der Waals surface area (Å²) in [6.45, 7) is 14.1. The first-order chi connectivity index (χ1) is 16.8. The number of benzene rings is 3. The van der Waals surface area contributed by atoms with Crippen molar-refractivity contribution >= 4 is 22.8 Å². The molecule has 182 valence electrons. The molecule has 3 aromatic carbocycles. The molecule has 1 N–H and O–H groups in total. The van der Waals surface area contributed by atoms with Gasteiger partial charge >= 0.3 is 5.97 Å². The van der Waals surface area contributed by atoms with Gasteiger partial charge in [0, 0.05) is 5.69 Å². The highest BCUT2D eigenvalue weighted by Crippen LogP contribution is 2.32. The fourth-order valence-electron chi connectivity index (χ4n) is 3.09. The molecule has 1 aromatic heterocycles. The third-order valence-electron chi connectivity index (χ3n) is 4.41. The summed E-state index contributed by atoms with van der Waals surface area (Å²) in [5.74, 6) is 0.168. The molecule has 0 spiro atoms. The van der Waals surface area contributed by atoms with Crippen molar-refractivity contribution in [2.75, 3.05) is 11.9 Å². The standard InChI is InChI=1S/C23H20N2O3.3C2H6/c1-2-27-23(26)21(16-10-4-3-5-11-16)24-18-13-7-6-12-17(18)22-25-19-14-8-9-15-20(19)28-22;3*1-2/h3-15,21,24H,2H2,1H3;3*1-2H3. The number of esters is 1. The van der Waals surface area contributed by atoms with E-state index >= 15 is 0 Å². The van der Waals surface area contributed by atoms with Gasteiger partial charge < -0.3 is 14.5 Å². The summed E-state index contributed by atoms with van der Waals surface area (Å²) >= 11 is 0. The molecule has 0 saturated carbocycles. The van der Waals surface area contributed by atoms with Crippen molar-refractivity contribution in [1.82, 2.24) is 4.98 Å². The highest BCUT2D eigenvalue weighted by molar-refractivity contribution is 5.85. The number of aromatic nitrogens is 1. The predicted octanol–water partition coefficient (Wildman–Crippen LogP) is 8.29. The molecule has 0 aliphatic carbocycles. The molecule has 34 heavy (non-hydrogen) atoms. The van der Waals surface area contributed by atoms with E-state index in [9.17, 15) is 4.79 Å². The number of ether oxygens (including phenoxy) is 1. The molecule has 1 unspecified atom stereocenters. The van der Waals surface area contributed by atoms with Crippen molar-refractivity contribution in [3.05, 3.63) is 84.4 Å². The third kappa shape index (κ3) is 7.48. The smallest absolute Gasteiger partial charge is 0.333 e. The Labute approximate surface area is 204 Å². The highest BCUT2D eigenvalue weighted by Gasteiger charge is 2.23. The van der Waals surface area contributed by atoms with Crippen LogP contribution >= 0.6 is 0 Å². The summed E-state index contributed by atoms with van der Waals surface area (Å²) in [7, 11) is 0. The summed E-state index contributed by atoms with van der Waals surface area (Å²) in [6.07, 6.45) is 0. The van der Waals surface area contributed by atoms with Gasteiger partial charge in [-0.3, -0.25) is 0 Å². The lowest BCUT2D eigenvalue weighted by molar-refractivity contribution is -0.144. The van der Waals surface area contributed by atoms with E-state index in [0.29, 0.717) is 12.5 Å². The summed E-state index contributed by atoms with van der Waals surface area (Å²) in [4.78, 5) is 17.2. The number of nitrogens with one attached hydrogen (secondary N) is 1. The average molecular weight is 463 g/mol. The molecule has 5 nitrogen and oxygen atoms in total. The molecule has 0 saturated heterocycles. The number of hydrogen-bond donors (Lipinski definition) is 1. The van der Waals surface area contributed by atoms with Crippen LogP contribution in [0.4, 0.5) is 5.69 Å². The van der Waals surface area contributed by atoms with Gasteiger partial charge in [-0.2, -0.15) is 0 Å². The van der Waals surface area contributed by atoms with Crippen LogP contribution in [0.25, 0.3) is 22.6 Å². The van der Waals surface area contributed by atoms with E-state index in [1.807, 2.05) is 120 Å². The molecule has 5 heteroatoms. The van der Waals surface area contributed by atoms with Gasteiger partial charge in [0.05, 0.1) is 12.2 Å². The number of hydrogen-bond acceptors (Lipinski definition) is 5. The van der Waals surface area contributed by atoms with Crippen molar-refractivity contribution < 1.29 is 13.9 Å². The minimum absolute atomic E-state index is 0.316. The van der Waals surface area contributed by atoms with Gasteiger partial charge in [0.1, 0.15) is 5.52 Å². The highest BCUT2D eigenvalue weighted by atomic mass is 16.5. The number of para-hydroxylation sites is 3. The maximum Gasteiger partial charge on any atom is 0.333 e. The zero-order valence-corrected chi connectivity index (χ0v) is 21.5.